The van der Waals surface area contributed by atoms with Crippen LogP contribution in [0.1, 0.15) is 33.9 Å². The minimum atomic E-state index is -0.594. The van der Waals surface area contributed by atoms with E-state index in [2.05, 4.69) is 18.0 Å². The highest BCUT2D eigenvalue weighted by atomic mass is 16.3. The van der Waals surface area contributed by atoms with Crippen molar-refractivity contribution in [2.24, 2.45) is 0 Å². The molecule has 1 aromatic heterocycles. The lowest BCUT2D eigenvalue weighted by Gasteiger charge is -2.14. The molecule has 0 spiro atoms. The highest BCUT2D eigenvalue weighted by Crippen LogP contribution is 2.25. The highest BCUT2D eigenvalue weighted by molar-refractivity contribution is 5.37. The third-order valence-electron chi connectivity index (χ3n) is 2.93. The summed E-state index contributed by atoms with van der Waals surface area (Å²) in [6, 6.07) is 8.06. The Labute approximate surface area is 102 Å². The van der Waals surface area contributed by atoms with Gasteiger partial charge in [0.2, 0.25) is 0 Å². The smallest absolute Gasteiger partial charge is 0.106 e. The molecule has 1 unspecified atom stereocenters. The first-order valence-electron chi connectivity index (χ1n) is 5.74. The number of nitrogens with zero attached hydrogens (tertiary/aromatic N) is 1. The lowest BCUT2D eigenvalue weighted by molar-refractivity contribution is 0.219. The Balaban J connectivity index is 2.40. The van der Waals surface area contributed by atoms with Crippen molar-refractivity contribution < 1.29 is 5.11 Å². The fourth-order valence-electron chi connectivity index (χ4n) is 2.04. The molecule has 1 aromatic carbocycles. The lowest BCUT2D eigenvalue weighted by atomic mass is 9.96. The summed E-state index contributed by atoms with van der Waals surface area (Å²) in [7, 11) is 0. The van der Waals surface area contributed by atoms with Crippen molar-refractivity contribution in [2.45, 2.75) is 26.9 Å². The topological polar surface area (TPSA) is 33.1 Å². The molecular formula is C15H17NO. The van der Waals surface area contributed by atoms with Gasteiger partial charge in [-0.15, -0.1) is 0 Å². The van der Waals surface area contributed by atoms with E-state index < -0.39 is 6.10 Å². The van der Waals surface area contributed by atoms with Gasteiger partial charge in [0, 0.05) is 18.0 Å². The van der Waals surface area contributed by atoms with Gasteiger partial charge in [-0.1, -0.05) is 29.8 Å². The highest BCUT2D eigenvalue weighted by Gasteiger charge is 2.13. The molecular weight excluding hydrogens is 210 g/mol. The van der Waals surface area contributed by atoms with E-state index in [4.69, 9.17) is 0 Å². The largest absolute Gasteiger partial charge is 0.384 e. The molecule has 1 atom stereocenters. The second kappa shape index (κ2) is 4.68. The molecule has 0 amide bonds. The zero-order valence-corrected chi connectivity index (χ0v) is 10.4. The number of pyridine rings is 1. The van der Waals surface area contributed by atoms with Crippen LogP contribution >= 0.6 is 0 Å². The number of benzene rings is 1. The number of rotatable bonds is 2. The summed E-state index contributed by atoms with van der Waals surface area (Å²) in [5, 5.41) is 10.3. The van der Waals surface area contributed by atoms with E-state index >= 15 is 0 Å². The number of aliphatic hydroxyl groups is 1. The van der Waals surface area contributed by atoms with E-state index in [9.17, 15) is 5.11 Å². The van der Waals surface area contributed by atoms with E-state index in [1.165, 1.54) is 5.56 Å². The van der Waals surface area contributed by atoms with Gasteiger partial charge in [0.05, 0.1) is 0 Å². The molecule has 0 aliphatic carbocycles. The van der Waals surface area contributed by atoms with Crippen molar-refractivity contribution in [2.75, 3.05) is 0 Å². The molecule has 0 aliphatic heterocycles. The molecule has 2 heteroatoms. The van der Waals surface area contributed by atoms with Gasteiger partial charge in [-0.05, 0) is 37.5 Å². The molecule has 88 valence electrons. The molecule has 0 aliphatic rings. The van der Waals surface area contributed by atoms with Gasteiger partial charge in [-0.3, -0.25) is 4.98 Å². The van der Waals surface area contributed by atoms with E-state index in [-0.39, 0.29) is 0 Å². The van der Waals surface area contributed by atoms with Gasteiger partial charge in [0.25, 0.3) is 0 Å². The van der Waals surface area contributed by atoms with Gasteiger partial charge in [-0.2, -0.15) is 0 Å². The maximum Gasteiger partial charge on any atom is 0.106 e. The van der Waals surface area contributed by atoms with Gasteiger partial charge < -0.3 is 5.11 Å². The normalized spacial score (nSPS) is 12.5. The Morgan fingerprint density at radius 2 is 1.76 bits per heavy atom. The summed E-state index contributed by atoms with van der Waals surface area (Å²) in [5.74, 6) is 0. The van der Waals surface area contributed by atoms with Crippen LogP contribution in [0.25, 0.3) is 0 Å². The Kier molecular flexibility index (Phi) is 3.25. The molecule has 1 heterocycles. The fourth-order valence-corrected chi connectivity index (χ4v) is 2.04. The summed E-state index contributed by atoms with van der Waals surface area (Å²) in [6.45, 7) is 6.05. The van der Waals surface area contributed by atoms with Crippen LogP contribution in [0, 0.1) is 20.8 Å². The van der Waals surface area contributed by atoms with Crippen molar-refractivity contribution in [1.29, 1.82) is 0 Å². The third-order valence-corrected chi connectivity index (χ3v) is 2.93. The van der Waals surface area contributed by atoms with Crippen LogP contribution < -0.4 is 0 Å². The van der Waals surface area contributed by atoms with Gasteiger partial charge in [0.15, 0.2) is 0 Å². The minimum Gasteiger partial charge on any atom is -0.384 e. The third kappa shape index (κ3) is 2.53. The fraction of sp³-hybridized carbons (Fsp3) is 0.267. The molecule has 2 nitrogen and oxygen atoms in total. The molecule has 0 saturated carbocycles. The van der Waals surface area contributed by atoms with E-state index in [0.29, 0.717) is 0 Å². The van der Waals surface area contributed by atoms with Crippen LogP contribution in [-0.4, -0.2) is 10.1 Å². The predicted molar refractivity (Wildman–Crippen MR) is 69.0 cm³/mol. The number of hydrogen-bond donors (Lipinski definition) is 1. The SMILES string of the molecule is Cc1cncc(C(O)c2ccc(C)cc2C)c1. The average Bonchev–Trinajstić information content (AvgIpc) is 2.28. The first-order chi connectivity index (χ1) is 8.08. The number of aliphatic hydroxyl groups excluding tert-OH is 1. The van der Waals surface area contributed by atoms with Crippen LogP contribution in [0.5, 0.6) is 0 Å². The molecule has 0 bridgehead atoms. The molecule has 0 fully saturated rings. The number of aryl methyl sites for hydroxylation is 3. The molecule has 0 saturated heterocycles. The van der Waals surface area contributed by atoms with Crippen molar-refractivity contribution in [3.05, 3.63) is 64.5 Å². The lowest BCUT2D eigenvalue weighted by Crippen LogP contribution is -2.03. The Bertz CT molecular complexity index is 534. The van der Waals surface area contributed by atoms with E-state index in [0.717, 1.165) is 22.3 Å². The zero-order valence-electron chi connectivity index (χ0n) is 10.4. The van der Waals surface area contributed by atoms with Crippen LogP contribution in [-0.2, 0) is 0 Å². The van der Waals surface area contributed by atoms with Gasteiger partial charge in [-0.25, -0.2) is 0 Å². The molecule has 0 radical (unpaired) electrons. The van der Waals surface area contributed by atoms with Crippen molar-refractivity contribution in [3.8, 4) is 0 Å². The van der Waals surface area contributed by atoms with Crippen LogP contribution in [0.3, 0.4) is 0 Å². The molecule has 2 aromatic rings. The Morgan fingerprint density at radius 3 is 2.41 bits per heavy atom. The quantitative estimate of drug-likeness (QED) is 0.855. The number of hydrogen-bond acceptors (Lipinski definition) is 2. The standard InChI is InChI=1S/C15H17NO/c1-10-4-5-14(12(3)6-10)15(17)13-7-11(2)8-16-9-13/h4-9,15,17H,1-3H3. The zero-order chi connectivity index (χ0) is 12.4. The first-order valence-corrected chi connectivity index (χ1v) is 5.74. The van der Waals surface area contributed by atoms with Crippen molar-refractivity contribution in [3.63, 3.8) is 0 Å². The van der Waals surface area contributed by atoms with Gasteiger partial charge in [0.1, 0.15) is 6.10 Å². The average molecular weight is 227 g/mol. The van der Waals surface area contributed by atoms with Crippen molar-refractivity contribution >= 4 is 0 Å². The van der Waals surface area contributed by atoms with Gasteiger partial charge >= 0.3 is 0 Å². The second-order valence-corrected chi connectivity index (χ2v) is 4.56. The molecule has 17 heavy (non-hydrogen) atoms. The van der Waals surface area contributed by atoms with Crippen LogP contribution in [0.2, 0.25) is 0 Å². The summed E-state index contributed by atoms with van der Waals surface area (Å²) in [6.07, 6.45) is 2.91. The van der Waals surface area contributed by atoms with Crippen LogP contribution in [0.4, 0.5) is 0 Å². The van der Waals surface area contributed by atoms with Crippen LogP contribution in [0.15, 0.2) is 36.7 Å². The maximum absolute atomic E-state index is 10.3. The Hall–Kier alpha value is -1.67. The summed E-state index contributed by atoms with van der Waals surface area (Å²) < 4.78 is 0. The first kappa shape index (κ1) is 11.8. The monoisotopic (exact) mass is 227 g/mol. The number of aromatic nitrogens is 1. The minimum absolute atomic E-state index is 0.594. The predicted octanol–water partition coefficient (Wildman–Crippen LogP) is 3.09. The Morgan fingerprint density at radius 1 is 1.00 bits per heavy atom. The molecule has 2 rings (SSSR count). The van der Waals surface area contributed by atoms with E-state index in [1.807, 2.05) is 32.0 Å². The molecule has 1 N–H and O–H groups in total. The maximum atomic E-state index is 10.3. The summed E-state index contributed by atoms with van der Waals surface area (Å²) in [5.41, 5.74) is 5.17. The summed E-state index contributed by atoms with van der Waals surface area (Å²) >= 11 is 0. The van der Waals surface area contributed by atoms with E-state index in [1.54, 1.807) is 12.4 Å². The second-order valence-electron chi connectivity index (χ2n) is 4.56. The summed E-state index contributed by atoms with van der Waals surface area (Å²) in [4.78, 5) is 4.12. The van der Waals surface area contributed by atoms with Crippen molar-refractivity contribution in [1.82, 2.24) is 4.98 Å².